The third kappa shape index (κ3) is 2.47. The number of amides is 1. The van der Waals surface area contributed by atoms with E-state index in [9.17, 15) is 23.1 Å². The van der Waals surface area contributed by atoms with Crippen molar-refractivity contribution in [2.45, 2.75) is 45.8 Å². The number of halogens is 3. The van der Waals surface area contributed by atoms with Gasteiger partial charge in [-0.3, -0.25) is 4.79 Å². The number of hydrogen-bond donors (Lipinski definition) is 1. The molecule has 1 aliphatic heterocycles. The van der Waals surface area contributed by atoms with Crippen LogP contribution in [0.4, 0.5) is 13.2 Å². The van der Waals surface area contributed by atoms with Crippen molar-refractivity contribution in [3.05, 3.63) is 11.8 Å². The van der Waals surface area contributed by atoms with Crippen molar-refractivity contribution in [1.29, 1.82) is 0 Å². The van der Waals surface area contributed by atoms with E-state index in [1.165, 1.54) is 0 Å². The second-order valence-electron chi connectivity index (χ2n) is 5.90. The molecule has 1 unspecified atom stereocenters. The Morgan fingerprint density at radius 1 is 1.33 bits per heavy atom. The molecule has 0 aromatic heterocycles. The molecule has 104 valence electrons. The second kappa shape index (κ2) is 4.17. The molecule has 1 amide bonds. The van der Waals surface area contributed by atoms with Gasteiger partial charge in [0.1, 0.15) is 5.76 Å². The van der Waals surface area contributed by atoms with Crippen LogP contribution < -0.4 is 0 Å². The highest BCUT2D eigenvalue weighted by molar-refractivity contribution is 5.92. The first-order valence-corrected chi connectivity index (χ1v) is 5.69. The van der Waals surface area contributed by atoms with E-state index in [0.29, 0.717) is 17.4 Å². The molecule has 1 atom stereocenters. The molecular weight excluding hydrogens is 247 g/mol. The molecule has 1 aliphatic rings. The highest BCUT2D eigenvalue weighted by Gasteiger charge is 2.62. The van der Waals surface area contributed by atoms with Gasteiger partial charge in [-0.05, 0) is 18.8 Å². The van der Waals surface area contributed by atoms with Crippen molar-refractivity contribution >= 4 is 5.91 Å². The molecule has 0 aromatic carbocycles. The van der Waals surface area contributed by atoms with E-state index < -0.39 is 23.4 Å². The Kier molecular flexibility index (Phi) is 3.44. The van der Waals surface area contributed by atoms with Crippen LogP contribution in [0, 0.1) is 5.41 Å². The molecule has 6 heteroatoms. The van der Waals surface area contributed by atoms with Crippen molar-refractivity contribution in [1.82, 2.24) is 4.90 Å². The lowest BCUT2D eigenvalue weighted by Gasteiger charge is -2.38. The highest BCUT2D eigenvalue weighted by Crippen LogP contribution is 2.43. The first kappa shape index (κ1) is 14.9. The summed E-state index contributed by atoms with van der Waals surface area (Å²) in [5.41, 5.74) is -2.79. The summed E-state index contributed by atoms with van der Waals surface area (Å²) in [6.45, 7) is 6.43. The largest absolute Gasteiger partial charge is 0.509 e. The molecule has 0 fully saturated rings. The third-order valence-corrected chi connectivity index (χ3v) is 3.20. The van der Waals surface area contributed by atoms with Crippen LogP contribution in [-0.2, 0) is 4.79 Å². The van der Waals surface area contributed by atoms with Crippen LogP contribution >= 0.6 is 0 Å². The third-order valence-electron chi connectivity index (χ3n) is 3.20. The zero-order valence-corrected chi connectivity index (χ0v) is 10.9. The Labute approximate surface area is 104 Å². The summed E-state index contributed by atoms with van der Waals surface area (Å²) in [7, 11) is 0. The molecule has 1 rings (SSSR count). The molecule has 1 N–H and O–H groups in total. The quantitative estimate of drug-likeness (QED) is 0.833. The zero-order chi connectivity index (χ0) is 14.4. The lowest BCUT2D eigenvalue weighted by molar-refractivity contribution is -0.216. The summed E-state index contributed by atoms with van der Waals surface area (Å²) in [6.07, 6.45) is -3.63. The lowest BCUT2D eigenvalue weighted by atomic mass is 9.90. The maximum absolute atomic E-state index is 13.0. The summed E-state index contributed by atoms with van der Waals surface area (Å²) in [6, 6.07) is 0. The van der Waals surface area contributed by atoms with Crippen molar-refractivity contribution in [3.63, 3.8) is 0 Å². The summed E-state index contributed by atoms with van der Waals surface area (Å²) in [4.78, 5) is 12.2. The number of alkyl halides is 3. The Morgan fingerprint density at radius 3 is 2.22 bits per heavy atom. The number of rotatable bonds is 2. The fourth-order valence-electron chi connectivity index (χ4n) is 1.77. The van der Waals surface area contributed by atoms with Gasteiger partial charge in [-0.15, -0.1) is 0 Å². The first-order chi connectivity index (χ1) is 7.89. The van der Waals surface area contributed by atoms with Crippen LogP contribution in [0.1, 0.15) is 34.1 Å². The normalized spacial score (nSPS) is 25.6. The number of aliphatic hydroxyl groups is 1. The standard InChI is InChI=1S/C12H18F3NO2/c1-10(2,3)5-6-16-9(18)7-8(17)11(16,4)12(13,14)15/h7,17H,5-6H2,1-4H3. The molecule has 0 aliphatic carbocycles. The van der Waals surface area contributed by atoms with Crippen LogP contribution in [0.2, 0.25) is 0 Å². The van der Waals surface area contributed by atoms with E-state index in [-0.39, 0.29) is 12.0 Å². The van der Waals surface area contributed by atoms with Gasteiger partial charge in [-0.25, -0.2) is 0 Å². The minimum absolute atomic E-state index is 0.0428. The van der Waals surface area contributed by atoms with Gasteiger partial charge in [0.05, 0.1) is 0 Å². The summed E-state index contributed by atoms with van der Waals surface area (Å²) < 4.78 is 39.1. The van der Waals surface area contributed by atoms with Gasteiger partial charge in [-0.2, -0.15) is 13.2 Å². The smallest absolute Gasteiger partial charge is 0.418 e. The number of carbonyl (C=O) groups is 1. The second-order valence-corrected chi connectivity index (χ2v) is 5.90. The van der Waals surface area contributed by atoms with E-state index in [2.05, 4.69) is 0 Å². The number of carbonyl (C=O) groups excluding carboxylic acids is 1. The average molecular weight is 265 g/mol. The summed E-state index contributed by atoms with van der Waals surface area (Å²) in [5.74, 6) is -1.73. The van der Waals surface area contributed by atoms with Crippen LogP contribution in [0.15, 0.2) is 11.8 Å². The van der Waals surface area contributed by atoms with Crippen LogP contribution in [-0.4, -0.2) is 34.2 Å². The van der Waals surface area contributed by atoms with E-state index in [4.69, 9.17) is 0 Å². The molecule has 18 heavy (non-hydrogen) atoms. The van der Waals surface area contributed by atoms with Gasteiger partial charge >= 0.3 is 6.18 Å². The van der Waals surface area contributed by atoms with Gasteiger partial charge in [0, 0.05) is 12.6 Å². The minimum Gasteiger partial charge on any atom is -0.509 e. The molecule has 0 bridgehead atoms. The molecule has 0 radical (unpaired) electrons. The molecule has 0 spiro atoms. The molecule has 0 saturated heterocycles. The number of aliphatic hydroxyl groups excluding tert-OH is 1. The minimum atomic E-state index is -4.70. The molecule has 0 saturated carbocycles. The van der Waals surface area contributed by atoms with Crippen LogP contribution in [0.3, 0.4) is 0 Å². The lowest BCUT2D eigenvalue weighted by Crippen LogP contribution is -2.56. The fraction of sp³-hybridized carbons (Fsp3) is 0.750. The Bertz CT molecular complexity index is 382. The van der Waals surface area contributed by atoms with Crippen LogP contribution in [0.25, 0.3) is 0 Å². The Morgan fingerprint density at radius 2 is 1.83 bits per heavy atom. The van der Waals surface area contributed by atoms with Crippen molar-refractivity contribution in [2.75, 3.05) is 6.54 Å². The van der Waals surface area contributed by atoms with Crippen molar-refractivity contribution < 1.29 is 23.1 Å². The first-order valence-electron chi connectivity index (χ1n) is 5.69. The van der Waals surface area contributed by atoms with Gasteiger partial charge in [-0.1, -0.05) is 20.8 Å². The highest BCUT2D eigenvalue weighted by atomic mass is 19.4. The maximum atomic E-state index is 13.0. The molecule has 3 nitrogen and oxygen atoms in total. The fourth-order valence-corrected chi connectivity index (χ4v) is 1.77. The predicted molar refractivity (Wildman–Crippen MR) is 61.0 cm³/mol. The van der Waals surface area contributed by atoms with E-state index in [1.807, 2.05) is 20.8 Å². The van der Waals surface area contributed by atoms with Gasteiger partial charge in [0.2, 0.25) is 0 Å². The summed E-state index contributed by atoms with van der Waals surface area (Å²) in [5, 5.41) is 9.43. The Hall–Kier alpha value is -1.20. The SMILES string of the molecule is CC(C)(C)CCN1C(=O)C=C(O)C1(C)C(F)(F)F. The number of hydrogen-bond acceptors (Lipinski definition) is 2. The molecular formula is C12H18F3NO2. The van der Waals surface area contributed by atoms with Crippen molar-refractivity contribution in [3.8, 4) is 0 Å². The summed E-state index contributed by atoms with van der Waals surface area (Å²) >= 11 is 0. The zero-order valence-electron chi connectivity index (χ0n) is 10.9. The van der Waals surface area contributed by atoms with Crippen molar-refractivity contribution in [2.24, 2.45) is 5.41 Å². The Balaban J connectivity index is 3.00. The molecule has 0 aromatic rings. The van der Waals surface area contributed by atoms with Crippen LogP contribution in [0.5, 0.6) is 0 Å². The maximum Gasteiger partial charge on any atom is 0.418 e. The van der Waals surface area contributed by atoms with Gasteiger partial charge in [0.15, 0.2) is 5.54 Å². The van der Waals surface area contributed by atoms with Gasteiger partial charge < -0.3 is 10.0 Å². The predicted octanol–water partition coefficient (Wildman–Crippen LogP) is 3.03. The van der Waals surface area contributed by atoms with E-state index in [0.717, 1.165) is 6.92 Å². The number of nitrogens with zero attached hydrogens (tertiary/aromatic N) is 1. The van der Waals surface area contributed by atoms with E-state index >= 15 is 0 Å². The van der Waals surface area contributed by atoms with E-state index in [1.54, 1.807) is 0 Å². The topological polar surface area (TPSA) is 40.5 Å². The monoisotopic (exact) mass is 265 g/mol. The van der Waals surface area contributed by atoms with Gasteiger partial charge in [0.25, 0.3) is 5.91 Å². The average Bonchev–Trinajstić information content (AvgIpc) is 2.34. The molecule has 1 heterocycles.